The fourth-order valence-corrected chi connectivity index (χ4v) is 5.75. The van der Waals surface area contributed by atoms with E-state index in [2.05, 4.69) is 5.32 Å². The van der Waals surface area contributed by atoms with Gasteiger partial charge >= 0.3 is 0 Å². The van der Waals surface area contributed by atoms with Crippen LogP contribution >= 0.6 is 11.6 Å². The number of carbonyl (C=O) groups is 1. The Bertz CT molecular complexity index is 1450. The van der Waals surface area contributed by atoms with E-state index in [0.29, 0.717) is 10.8 Å². The van der Waals surface area contributed by atoms with E-state index in [0.717, 1.165) is 14.2 Å². The first-order chi connectivity index (χ1) is 17.4. The molecule has 1 amide bonds. The van der Waals surface area contributed by atoms with Crippen LogP contribution < -0.4 is 14.4 Å². The minimum atomic E-state index is -4.04. The Morgan fingerprint density at radius 1 is 0.892 bits per heavy atom. The largest absolute Gasteiger partial charge is 0.492 e. The van der Waals surface area contributed by atoms with Crippen molar-refractivity contribution >= 4 is 43.2 Å². The van der Waals surface area contributed by atoms with Crippen molar-refractivity contribution in [3.05, 3.63) is 83.4 Å². The van der Waals surface area contributed by atoms with E-state index in [1.807, 2.05) is 0 Å². The van der Waals surface area contributed by atoms with Gasteiger partial charge in [-0.05, 0) is 61.0 Å². The summed E-state index contributed by atoms with van der Waals surface area (Å²) in [6.45, 7) is 1.52. The molecule has 0 fully saturated rings. The lowest BCUT2D eigenvalue weighted by atomic mass is 10.2. The minimum absolute atomic E-state index is 0.0440. The first kappa shape index (κ1) is 28.5. The number of halogens is 1. The lowest BCUT2D eigenvalue weighted by Gasteiger charge is -2.24. The number of benzene rings is 3. The molecule has 0 spiro atoms. The second-order valence-corrected chi connectivity index (χ2v) is 12.6. The van der Waals surface area contributed by atoms with Gasteiger partial charge in [0.15, 0.2) is 0 Å². The summed E-state index contributed by atoms with van der Waals surface area (Å²) in [5.41, 5.74) is 1.04. The molecule has 37 heavy (non-hydrogen) atoms. The SMILES string of the molecule is Cc1ccc(N(CC(=O)NCCOc2ccc(S(=O)(=O)N(C)C)cc2)S(=O)(=O)c2ccccc2)cc1Cl. The van der Waals surface area contributed by atoms with E-state index < -0.39 is 32.5 Å². The summed E-state index contributed by atoms with van der Waals surface area (Å²) in [5, 5.41) is 3.03. The van der Waals surface area contributed by atoms with Gasteiger partial charge in [-0.2, -0.15) is 0 Å². The molecule has 1 N–H and O–H groups in total. The number of amides is 1. The van der Waals surface area contributed by atoms with Crippen molar-refractivity contribution in [2.75, 3.05) is 38.1 Å². The van der Waals surface area contributed by atoms with Gasteiger partial charge in [0, 0.05) is 19.1 Å². The highest BCUT2D eigenvalue weighted by atomic mass is 35.5. The van der Waals surface area contributed by atoms with Gasteiger partial charge in [-0.3, -0.25) is 9.10 Å². The third kappa shape index (κ3) is 7.01. The molecule has 0 aliphatic rings. The van der Waals surface area contributed by atoms with Gasteiger partial charge < -0.3 is 10.1 Å². The topological polar surface area (TPSA) is 113 Å². The minimum Gasteiger partial charge on any atom is -0.492 e. The second-order valence-electron chi connectivity index (χ2n) is 8.22. The molecule has 0 radical (unpaired) electrons. The van der Waals surface area contributed by atoms with Crippen LogP contribution in [0.1, 0.15) is 5.56 Å². The summed E-state index contributed by atoms with van der Waals surface area (Å²) in [5.74, 6) is -0.109. The molecule has 3 rings (SSSR count). The van der Waals surface area contributed by atoms with Crippen molar-refractivity contribution in [1.29, 1.82) is 0 Å². The van der Waals surface area contributed by atoms with Crippen molar-refractivity contribution in [2.45, 2.75) is 16.7 Å². The standard InChI is InChI=1S/C25H28ClN3O6S2/c1-19-9-10-20(17-24(19)26)29(37(33,34)22-7-5-4-6-8-22)18-25(30)27-15-16-35-21-11-13-23(14-12-21)36(31,32)28(2)3/h4-14,17H,15-16,18H2,1-3H3,(H,27,30). The molecule has 12 heteroatoms. The van der Waals surface area contributed by atoms with Crippen LogP contribution in [0, 0.1) is 6.92 Å². The molecule has 198 valence electrons. The molecule has 0 aliphatic heterocycles. The van der Waals surface area contributed by atoms with Crippen molar-refractivity contribution in [3.8, 4) is 5.75 Å². The summed E-state index contributed by atoms with van der Waals surface area (Å²) >= 11 is 6.23. The summed E-state index contributed by atoms with van der Waals surface area (Å²) in [6.07, 6.45) is 0. The lowest BCUT2D eigenvalue weighted by Crippen LogP contribution is -2.42. The van der Waals surface area contributed by atoms with Gasteiger partial charge in [0.1, 0.15) is 18.9 Å². The molecule has 0 atom stereocenters. The molecule has 0 bridgehead atoms. The van der Waals surface area contributed by atoms with Gasteiger partial charge in [0.25, 0.3) is 10.0 Å². The quantitative estimate of drug-likeness (QED) is 0.357. The Morgan fingerprint density at radius 3 is 2.11 bits per heavy atom. The molecule has 0 unspecified atom stereocenters. The highest BCUT2D eigenvalue weighted by Gasteiger charge is 2.27. The van der Waals surface area contributed by atoms with Crippen LogP contribution in [0.4, 0.5) is 5.69 Å². The van der Waals surface area contributed by atoms with Crippen LogP contribution in [0.25, 0.3) is 0 Å². The van der Waals surface area contributed by atoms with Gasteiger partial charge in [0.05, 0.1) is 22.0 Å². The van der Waals surface area contributed by atoms with Crippen LogP contribution in [0.15, 0.2) is 82.6 Å². The fourth-order valence-electron chi connectivity index (χ4n) is 3.24. The number of aryl methyl sites for hydroxylation is 1. The van der Waals surface area contributed by atoms with Crippen molar-refractivity contribution in [3.63, 3.8) is 0 Å². The van der Waals surface area contributed by atoms with E-state index >= 15 is 0 Å². The Kier molecular flexibility index (Phi) is 9.19. The Hall–Kier alpha value is -3.12. The molecule has 0 aromatic heterocycles. The first-order valence-electron chi connectivity index (χ1n) is 11.2. The zero-order chi connectivity index (χ0) is 27.2. The Morgan fingerprint density at radius 2 is 1.51 bits per heavy atom. The second kappa shape index (κ2) is 12.0. The van der Waals surface area contributed by atoms with Crippen molar-refractivity contribution in [2.24, 2.45) is 0 Å². The average Bonchev–Trinajstić information content (AvgIpc) is 2.87. The number of hydrogen-bond donors (Lipinski definition) is 1. The smallest absolute Gasteiger partial charge is 0.264 e. The molecule has 0 saturated carbocycles. The molecular formula is C25H28ClN3O6S2. The van der Waals surface area contributed by atoms with Crippen LogP contribution in [0.5, 0.6) is 5.75 Å². The van der Waals surface area contributed by atoms with Gasteiger partial charge in [-0.25, -0.2) is 21.1 Å². The number of sulfonamides is 2. The number of hydrogen-bond acceptors (Lipinski definition) is 6. The lowest BCUT2D eigenvalue weighted by molar-refractivity contribution is -0.119. The van der Waals surface area contributed by atoms with Gasteiger partial charge in [-0.1, -0.05) is 35.9 Å². The summed E-state index contributed by atoms with van der Waals surface area (Å²) in [6, 6.07) is 18.5. The monoisotopic (exact) mass is 565 g/mol. The molecular weight excluding hydrogens is 538 g/mol. The van der Waals surface area contributed by atoms with E-state index in [-0.39, 0.29) is 28.6 Å². The highest BCUT2D eigenvalue weighted by Crippen LogP contribution is 2.28. The highest BCUT2D eigenvalue weighted by molar-refractivity contribution is 7.92. The molecule has 0 aliphatic carbocycles. The summed E-state index contributed by atoms with van der Waals surface area (Å²) in [4.78, 5) is 12.9. The Balaban J connectivity index is 1.65. The number of nitrogens with one attached hydrogen (secondary N) is 1. The fraction of sp³-hybridized carbons (Fsp3) is 0.240. The molecule has 0 saturated heterocycles. The molecule has 3 aromatic rings. The number of rotatable bonds is 11. The number of nitrogens with zero attached hydrogens (tertiary/aromatic N) is 2. The van der Waals surface area contributed by atoms with Gasteiger partial charge in [-0.15, -0.1) is 0 Å². The van der Waals surface area contributed by atoms with E-state index in [1.165, 1.54) is 56.6 Å². The summed E-state index contributed by atoms with van der Waals surface area (Å²) in [7, 11) is -4.69. The third-order valence-corrected chi connectivity index (χ3v) is 9.38. The normalized spacial score (nSPS) is 11.8. The van der Waals surface area contributed by atoms with Crippen LogP contribution in [0.2, 0.25) is 5.02 Å². The Labute approximate surface area is 222 Å². The van der Waals surface area contributed by atoms with E-state index in [1.54, 1.807) is 37.3 Å². The average molecular weight is 566 g/mol. The molecule has 0 heterocycles. The first-order valence-corrected chi connectivity index (χ1v) is 14.4. The van der Waals surface area contributed by atoms with E-state index in [4.69, 9.17) is 16.3 Å². The number of carbonyl (C=O) groups excluding carboxylic acids is 1. The maximum absolute atomic E-state index is 13.4. The number of ether oxygens (including phenoxy) is 1. The molecule has 9 nitrogen and oxygen atoms in total. The third-order valence-electron chi connectivity index (χ3n) is 5.36. The maximum atomic E-state index is 13.4. The maximum Gasteiger partial charge on any atom is 0.264 e. The predicted molar refractivity (Wildman–Crippen MR) is 143 cm³/mol. The number of anilines is 1. The van der Waals surface area contributed by atoms with Crippen LogP contribution in [-0.4, -0.2) is 60.8 Å². The van der Waals surface area contributed by atoms with Crippen LogP contribution in [-0.2, 0) is 24.8 Å². The zero-order valence-electron chi connectivity index (χ0n) is 20.6. The predicted octanol–water partition coefficient (Wildman–Crippen LogP) is 3.29. The zero-order valence-corrected chi connectivity index (χ0v) is 23.0. The molecule has 3 aromatic carbocycles. The van der Waals surface area contributed by atoms with Gasteiger partial charge in [0.2, 0.25) is 15.9 Å². The van der Waals surface area contributed by atoms with Crippen LogP contribution in [0.3, 0.4) is 0 Å². The summed E-state index contributed by atoms with van der Waals surface area (Å²) < 4.78 is 58.7. The van der Waals surface area contributed by atoms with E-state index in [9.17, 15) is 21.6 Å². The van der Waals surface area contributed by atoms with Crippen molar-refractivity contribution in [1.82, 2.24) is 9.62 Å². The van der Waals surface area contributed by atoms with Crippen molar-refractivity contribution < 1.29 is 26.4 Å².